The lowest BCUT2D eigenvalue weighted by Gasteiger charge is -2.39. The maximum Gasteiger partial charge on any atom is 0.244 e. The van der Waals surface area contributed by atoms with Crippen molar-refractivity contribution in [2.24, 2.45) is 11.3 Å². The maximum atomic E-state index is 12.6. The van der Waals surface area contributed by atoms with Crippen molar-refractivity contribution in [2.45, 2.75) is 78.6 Å². The molecule has 2 fully saturated rings. The first-order chi connectivity index (χ1) is 8.17. The predicted molar refractivity (Wildman–Crippen MR) is 74.1 cm³/mol. The largest absolute Gasteiger partial charge is 0.322 e. The van der Waals surface area contributed by atoms with Crippen molar-refractivity contribution in [3.05, 3.63) is 0 Å². The molecule has 2 rings (SSSR count). The zero-order valence-corrected chi connectivity index (χ0v) is 12.7. The molecule has 2 atom stereocenters. The Bertz CT molecular complexity index is 339. The summed E-state index contributed by atoms with van der Waals surface area (Å²) in [5.74, 6) is 0.953. The van der Waals surface area contributed by atoms with E-state index in [1.807, 2.05) is 0 Å². The number of amides is 1. The van der Waals surface area contributed by atoms with Crippen molar-refractivity contribution in [1.82, 2.24) is 10.2 Å². The summed E-state index contributed by atoms with van der Waals surface area (Å²) < 4.78 is 0. The van der Waals surface area contributed by atoms with Crippen molar-refractivity contribution in [3.63, 3.8) is 0 Å². The van der Waals surface area contributed by atoms with Gasteiger partial charge in [-0.3, -0.25) is 10.1 Å². The van der Waals surface area contributed by atoms with E-state index >= 15 is 0 Å². The quantitative estimate of drug-likeness (QED) is 0.837. The Hall–Kier alpha value is -0.570. The van der Waals surface area contributed by atoms with Crippen LogP contribution in [0.5, 0.6) is 0 Å². The molecule has 1 saturated heterocycles. The Balaban J connectivity index is 2.20. The lowest BCUT2D eigenvalue weighted by Crippen LogP contribution is -2.49. The fourth-order valence-electron chi connectivity index (χ4n) is 2.80. The zero-order valence-electron chi connectivity index (χ0n) is 12.7. The Labute approximate surface area is 111 Å². The smallest absolute Gasteiger partial charge is 0.244 e. The molecule has 104 valence electrons. The van der Waals surface area contributed by atoms with Crippen LogP contribution in [0.1, 0.15) is 60.8 Å². The minimum atomic E-state index is -0.181. The van der Waals surface area contributed by atoms with E-state index in [1.54, 1.807) is 0 Å². The molecule has 0 aromatic rings. The molecule has 1 aliphatic heterocycles. The second-order valence-corrected chi connectivity index (χ2v) is 7.63. The topological polar surface area (TPSA) is 32.3 Å². The van der Waals surface area contributed by atoms with Crippen LogP contribution in [-0.4, -0.2) is 28.6 Å². The van der Waals surface area contributed by atoms with E-state index in [2.05, 4.69) is 51.8 Å². The van der Waals surface area contributed by atoms with Crippen LogP contribution in [0.2, 0.25) is 0 Å². The normalized spacial score (nSPS) is 28.3. The average Bonchev–Trinajstić information content (AvgIpc) is 2.90. The van der Waals surface area contributed by atoms with Crippen molar-refractivity contribution in [1.29, 1.82) is 0 Å². The summed E-state index contributed by atoms with van der Waals surface area (Å²) in [6, 6.07) is 0.279. The second kappa shape index (κ2) is 4.22. The molecule has 1 spiro atoms. The molecule has 0 aromatic carbocycles. The van der Waals surface area contributed by atoms with Gasteiger partial charge in [0.05, 0.1) is 11.7 Å². The van der Waals surface area contributed by atoms with Crippen LogP contribution < -0.4 is 5.32 Å². The fraction of sp³-hybridized carbons (Fsp3) is 0.933. The van der Waals surface area contributed by atoms with Crippen LogP contribution in [0.15, 0.2) is 0 Å². The molecule has 1 heterocycles. The number of carbonyl (C=O) groups is 1. The number of nitrogens with zero attached hydrogens (tertiary/aromatic N) is 1. The third-order valence-electron chi connectivity index (χ3n) is 4.54. The predicted octanol–water partition coefficient (Wildman–Crippen LogP) is 2.76. The Kier molecular flexibility index (Phi) is 3.25. The van der Waals surface area contributed by atoms with Gasteiger partial charge >= 0.3 is 0 Å². The molecule has 18 heavy (non-hydrogen) atoms. The van der Waals surface area contributed by atoms with Crippen molar-refractivity contribution < 1.29 is 4.79 Å². The van der Waals surface area contributed by atoms with E-state index in [9.17, 15) is 4.79 Å². The van der Waals surface area contributed by atoms with Crippen molar-refractivity contribution in [3.8, 4) is 0 Å². The highest BCUT2D eigenvalue weighted by atomic mass is 16.2. The lowest BCUT2D eigenvalue weighted by molar-refractivity contribution is -0.135. The van der Waals surface area contributed by atoms with Crippen molar-refractivity contribution >= 4 is 5.91 Å². The Morgan fingerprint density at radius 2 is 1.89 bits per heavy atom. The van der Waals surface area contributed by atoms with E-state index in [0.29, 0.717) is 11.8 Å². The molecular weight excluding hydrogens is 224 g/mol. The summed E-state index contributed by atoms with van der Waals surface area (Å²) >= 11 is 0. The average molecular weight is 252 g/mol. The van der Waals surface area contributed by atoms with Gasteiger partial charge in [0.1, 0.15) is 0 Å². The molecule has 1 amide bonds. The number of hydrogen-bond donors (Lipinski definition) is 1. The van der Waals surface area contributed by atoms with Crippen LogP contribution >= 0.6 is 0 Å². The van der Waals surface area contributed by atoms with Gasteiger partial charge in [-0.05, 0) is 37.5 Å². The standard InChI is InChI=1S/C15H28N2O/c1-10(2)9-12-16-15(7-8-15)13(18)17(12)11(3)14(4,5)6/h10-12,16H,7-9H2,1-6H3. The highest BCUT2D eigenvalue weighted by molar-refractivity contribution is 5.92. The first-order valence-corrected chi connectivity index (χ1v) is 7.28. The van der Waals surface area contributed by atoms with Crippen LogP contribution in [0, 0.1) is 11.3 Å². The van der Waals surface area contributed by atoms with Crippen molar-refractivity contribution in [2.75, 3.05) is 0 Å². The zero-order chi connectivity index (χ0) is 13.7. The Morgan fingerprint density at radius 1 is 1.33 bits per heavy atom. The molecule has 2 aliphatic rings. The molecule has 0 radical (unpaired) electrons. The van der Waals surface area contributed by atoms with Gasteiger partial charge in [0.15, 0.2) is 0 Å². The summed E-state index contributed by atoms with van der Waals surface area (Å²) in [6.45, 7) is 13.3. The fourth-order valence-corrected chi connectivity index (χ4v) is 2.80. The highest BCUT2D eigenvalue weighted by Gasteiger charge is 2.60. The first kappa shape index (κ1) is 13.9. The van der Waals surface area contributed by atoms with E-state index in [4.69, 9.17) is 0 Å². The Morgan fingerprint density at radius 3 is 2.28 bits per heavy atom. The monoisotopic (exact) mass is 252 g/mol. The molecule has 1 saturated carbocycles. The number of nitrogens with one attached hydrogen (secondary N) is 1. The second-order valence-electron chi connectivity index (χ2n) is 7.63. The number of hydrogen-bond acceptors (Lipinski definition) is 2. The van der Waals surface area contributed by atoms with Gasteiger partial charge in [-0.15, -0.1) is 0 Å². The molecule has 2 unspecified atom stereocenters. The summed E-state index contributed by atoms with van der Waals surface area (Å²) in [5, 5.41) is 3.60. The van der Waals surface area contributed by atoms with Crippen LogP contribution in [0.25, 0.3) is 0 Å². The van der Waals surface area contributed by atoms with Gasteiger partial charge in [0.2, 0.25) is 5.91 Å². The highest BCUT2D eigenvalue weighted by Crippen LogP contribution is 2.45. The third-order valence-corrected chi connectivity index (χ3v) is 4.54. The van der Waals surface area contributed by atoms with Crippen LogP contribution in [0.3, 0.4) is 0 Å². The summed E-state index contributed by atoms with van der Waals surface area (Å²) in [5.41, 5.74) is -0.0495. The SMILES string of the molecule is CC(C)CC1NC2(CC2)C(=O)N1C(C)C(C)(C)C. The van der Waals surface area contributed by atoms with E-state index in [0.717, 1.165) is 19.3 Å². The van der Waals surface area contributed by atoms with Gasteiger partial charge in [0, 0.05) is 6.04 Å². The minimum absolute atomic E-state index is 0.132. The molecule has 3 nitrogen and oxygen atoms in total. The molecule has 0 aromatic heterocycles. The van der Waals surface area contributed by atoms with E-state index in [-0.39, 0.29) is 23.2 Å². The number of rotatable bonds is 3. The summed E-state index contributed by atoms with van der Waals surface area (Å²) in [7, 11) is 0. The molecule has 0 bridgehead atoms. The lowest BCUT2D eigenvalue weighted by atomic mass is 9.86. The van der Waals surface area contributed by atoms with Gasteiger partial charge < -0.3 is 4.90 Å². The van der Waals surface area contributed by atoms with Gasteiger partial charge in [0.25, 0.3) is 0 Å². The van der Waals surface area contributed by atoms with E-state index < -0.39 is 0 Å². The van der Waals surface area contributed by atoms with Crippen LogP contribution in [-0.2, 0) is 4.79 Å². The minimum Gasteiger partial charge on any atom is -0.322 e. The third kappa shape index (κ3) is 2.29. The van der Waals surface area contributed by atoms with Crippen LogP contribution in [0.4, 0.5) is 0 Å². The van der Waals surface area contributed by atoms with Gasteiger partial charge in [-0.25, -0.2) is 0 Å². The van der Waals surface area contributed by atoms with E-state index in [1.165, 1.54) is 0 Å². The maximum absolute atomic E-state index is 12.6. The van der Waals surface area contributed by atoms with Gasteiger partial charge in [-0.2, -0.15) is 0 Å². The summed E-state index contributed by atoms with van der Waals surface area (Å²) in [4.78, 5) is 14.8. The first-order valence-electron chi connectivity index (χ1n) is 7.28. The molecular formula is C15H28N2O. The molecule has 1 N–H and O–H groups in total. The number of carbonyl (C=O) groups excluding carboxylic acids is 1. The van der Waals surface area contributed by atoms with Gasteiger partial charge in [-0.1, -0.05) is 34.6 Å². The summed E-state index contributed by atoms with van der Waals surface area (Å²) in [6.07, 6.45) is 3.32. The molecule has 1 aliphatic carbocycles. The molecule has 3 heteroatoms.